The second-order valence-corrected chi connectivity index (χ2v) is 7.77. The van der Waals surface area contributed by atoms with Crippen molar-refractivity contribution in [3.05, 3.63) is 87.9 Å². The lowest BCUT2D eigenvalue weighted by atomic mass is 10.2. The molecule has 0 N–H and O–H groups in total. The first kappa shape index (κ1) is 18.8. The second kappa shape index (κ2) is 7.83. The number of rotatable bonds is 4. The van der Waals surface area contributed by atoms with E-state index in [-0.39, 0.29) is 22.6 Å². The van der Waals surface area contributed by atoms with Crippen LogP contribution in [0.4, 0.5) is 9.52 Å². The first-order valence-corrected chi connectivity index (χ1v) is 9.82. The van der Waals surface area contributed by atoms with Crippen molar-refractivity contribution in [2.45, 2.75) is 6.54 Å². The van der Waals surface area contributed by atoms with Crippen molar-refractivity contribution in [3.8, 4) is 0 Å². The number of aromatic nitrogens is 2. The third-order valence-electron chi connectivity index (χ3n) is 4.04. The smallest absolute Gasteiger partial charge is 0.262 e. The summed E-state index contributed by atoms with van der Waals surface area (Å²) in [4.78, 5) is 23.4. The van der Waals surface area contributed by atoms with Crippen LogP contribution in [0.15, 0.2) is 60.8 Å². The maximum absolute atomic E-state index is 14.1. The van der Waals surface area contributed by atoms with Gasteiger partial charge in [-0.05, 0) is 42.5 Å². The molecule has 0 saturated heterocycles. The lowest BCUT2D eigenvalue weighted by Gasteiger charge is -2.20. The molecular weight excluding hydrogens is 420 g/mol. The van der Waals surface area contributed by atoms with E-state index >= 15 is 0 Å². The molecule has 140 valence electrons. The summed E-state index contributed by atoms with van der Waals surface area (Å²) in [5.74, 6) is -0.830. The Morgan fingerprint density at radius 2 is 1.96 bits per heavy atom. The van der Waals surface area contributed by atoms with E-state index in [1.165, 1.54) is 28.4 Å². The molecule has 2 heterocycles. The molecule has 8 heteroatoms. The number of para-hydroxylation sites is 1. The number of pyridine rings is 1. The van der Waals surface area contributed by atoms with Crippen LogP contribution < -0.4 is 4.90 Å². The van der Waals surface area contributed by atoms with Crippen molar-refractivity contribution < 1.29 is 9.18 Å². The van der Waals surface area contributed by atoms with Crippen LogP contribution in [0, 0.1) is 5.82 Å². The number of benzene rings is 2. The quantitative estimate of drug-likeness (QED) is 0.398. The molecule has 0 aliphatic heterocycles. The third kappa shape index (κ3) is 3.71. The molecule has 4 rings (SSSR count). The summed E-state index contributed by atoms with van der Waals surface area (Å²) in [7, 11) is 0. The summed E-state index contributed by atoms with van der Waals surface area (Å²) < 4.78 is 14.8. The summed E-state index contributed by atoms with van der Waals surface area (Å²) in [6.07, 6.45) is 1.64. The lowest BCUT2D eigenvalue weighted by molar-refractivity contribution is 0.0985. The molecule has 0 aliphatic carbocycles. The highest BCUT2D eigenvalue weighted by atomic mass is 35.5. The van der Waals surface area contributed by atoms with Crippen LogP contribution in [0.25, 0.3) is 10.2 Å². The van der Waals surface area contributed by atoms with Gasteiger partial charge in [0.1, 0.15) is 11.3 Å². The molecular formula is C20H12Cl2FN3OS. The fourth-order valence-corrected chi connectivity index (χ4v) is 4.05. The van der Waals surface area contributed by atoms with E-state index in [4.69, 9.17) is 23.2 Å². The number of nitrogens with zero attached hydrogens (tertiary/aromatic N) is 3. The Hall–Kier alpha value is -2.54. The Morgan fingerprint density at radius 1 is 1.11 bits per heavy atom. The average Bonchev–Trinajstić information content (AvgIpc) is 3.14. The number of halogens is 3. The summed E-state index contributed by atoms with van der Waals surface area (Å²) in [5.41, 5.74) is 1.12. The van der Waals surface area contributed by atoms with Gasteiger partial charge in [-0.1, -0.05) is 46.7 Å². The maximum atomic E-state index is 14.1. The zero-order chi connectivity index (χ0) is 19.7. The SMILES string of the molecule is O=C(c1cc(Cl)ccc1Cl)N(Cc1ccccn1)c1nc2c(F)cccc2s1. The van der Waals surface area contributed by atoms with Crippen molar-refractivity contribution in [3.63, 3.8) is 0 Å². The van der Waals surface area contributed by atoms with Gasteiger partial charge in [0, 0.05) is 11.2 Å². The molecule has 4 nitrogen and oxygen atoms in total. The van der Waals surface area contributed by atoms with Gasteiger partial charge in [-0.25, -0.2) is 9.37 Å². The minimum Gasteiger partial charge on any atom is -0.278 e. The van der Waals surface area contributed by atoms with Gasteiger partial charge in [-0.2, -0.15) is 0 Å². The molecule has 0 unspecified atom stereocenters. The Bertz CT molecular complexity index is 1170. The van der Waals surface area contributed by atoms with E-state index in [1.807, 2.05) is 6.07 Å². The van der Waals surface area contributed by atoms with E-state index in [1.54, 1.807) is 42.6 Å². The number of hydrogen-bond acceptors (Lipinski definition) is 4. The van der Waals surface area contributed by atoms with Gasteiger partial charge in [0.15, 0.2) is 5.13 Å². The third-order valence-corrected chi connectivity index (χ3v) is 5.65. The van der Waals surface area contributed by atoms with Crippen LogP contribution in [0.1, 0.15) is 16.1 Å². The van der Waals surface area contributed by atoms with Crippen LogP contribution in [-0.2, 0) is 6.54 Å². The Balaban J connectivity index is 1.82. The highest BCUT2D eigenvalue weighted by molar-refractivity contribution is 7.22. The minimum absolute atomic E-state index is 0.157. The Kier molecular flexibility index (Phi) is 5.26. The Labute approximate surface area is 174 Å². The van der Waals surface area contributed by atoms with Crippen LogP contribution in [0.2, 0.25) is 10.0 Å². The first-order valence-electron chi connectivity index (χ1n) is 8.25. The largest absolute Gasteiger partial charge is 0.278 e. The zero-order valence-electron chi connectivity index (χ0n) is 14.3. The molecule has 0 aliphatic rings. The molecule has 0 atom stereocenters. The number of anilines is 1. The maximum Gasteiger partial charge on any atom is 0.262 e. The average molecular weight is 432 g/mol. The number of carbonyl (C=O) groups excluding carboxylic acids is 1. The molecule has 1 amide bonds. The molecule has 0 saturated carbocycles. The van der Waals surface area contributed by atoms with Gasteiger partial charge < -0.3 is 0 Å². The summed E-state index contributed by atoms with van der Waals surface area (Å²) in [5, 5.41) is 1.01. The van der Waals surface area contributed by atoms with Crippen LogP contribution in [0.3, 0.4) is 0 Å². The Morgan fingerprint density at radius 3 is 2.71 bits per heavy atom. The molecule has 28 heavy (non-hydrogen) atoms. The number of hydrogen-bond donors (Lipinski definition) is 0. The first-order chi connectivity index (χ1) is 13.5. The van der Waals surface area contributed by atoms with Gasteiger partial charge in [0.2, 0.25) is 0 Å². The van der Waals surface area contributed by atoms with Gasteiger partial charge in [-0.3, -0.25) is 14.7 Å². The van der Waals surface area contributed by atoms with Crippen LogP contribution in [-0.4, -0.2) is 15.9 Å². The predicted octanol–water partition coefficient (Wildman–Crippen LogP) is 5.98. The van der Waals surface area contributed by atoms with Gasteiger partial charge in [0.25, 0.3) is 5.91 Å². The van der Waals surface area contributed by atoms with Crippen molar-refractivity contribution in [2.75, 3.05) is 4.90 Å². The fraction of sp³-hybridized carbons (Fsp3) is 0.0500. The highest BCUT2D eigenvalue weighted by Gasteiger charge is 2.25. The van der Waals surface area contributed by atoms with Gasteiger partial charge in [0.05, 0.1) is 27.5 Å². The zero-order valence-corrected chi connectivity index (χ0v) is 16.6. The highest BCUT2D eigenvalue weighted by Crippen LogP contribution is 2.33. The van der Waals surface area contributed by atoms with Crippen molar-refractivity contribution in [1.82, 2.24) is 9.97 Å². The molecule has 0 fully saturated rings. The minimum atomic E-state index is -0.439. The molecule has 0 bridgehead atoms. The number of fused-ring (bicyclic) bond motifs is 1. The van der Waals surface area contributed by atoms with E-state index in [2.05, 4.69) is 9.97 Å². The summed E-state index contributed by atoms with van der Waals surface area (Å²) >= 11 is 13.5. The van der Waals surface area contributed by atoms with E-state index in [9.17, 15) is 9.18 Å². The van der Waals surface area contributed by atoms with E-state index in [0.717, 1.165) is 0 Å². The standard InChI is InChI=1S/C20H12Cl2FN3OS/c21-12-7-8-15(22)14(10-12)19(27)26(11-13-4-1-2-9-24-13)20-25-18-16(23)5-3-6-17(18)28-20/h1-10H,11H2. The fourth-order valence-electron chi connectivity index (χ4n) is 2.71. The van der Waals surface area contributed by atoms with Crippen molar-refractivity contribution >= 4 is 55.8 Å². The lowest BCUT2D eigenvalue weighted by Crippen LogP contribution is -2.31. The molecule has 0 spiro atoms. The van der Waals surface area contributed by atoms with Gasteiger partial charge >= 0.3 is 0 Å². The predicted molar refractivity (Wildman–Crippen MR) is 111 cm³/mol. The van der Waals surface area contributed by atoms with Crippen molar-refractivity contribution in [1.29, 1.82) is 0 Å². The molecule has 4 aromatic rings. The normalized spacial score (nSPS) is 11.0. The molecule has 0 radical (unpaired) electrons. The van der Waals surface area contributed by atoms with E-state index in [0.29, 0.717) is 20.5 Å². The van der Waals surface area contributed by atoms with Crippen LogP contribution >= 0.6 is 34.5 Å². The monoisotopic (exact) mass is 431 g/mol. The van der Waals surface area contributed by atoms with E-state index < -0.39 is 11.7 Å². The number of amides is 1. The summed E-state index contributed by atoms with van der Waals surface area (Å²) in [6, 6.07) is 14.8. The number of carbonyl (C=O) groups is 1. The number of thiazole rings is 1. The van der Waals surface area contributed by atoms with Gasteiger partial charge in [-0.15, -0.1) is 0 Å². The molecule has 2 aromatic heterocycles. The van der Waals surface area contributed by atoms with Crippen LogP contribution in [0.5, 0.6) is 0 Å². The summed E-state index contributed by atoms with van der Waals surface area (Å²) in [6.45, 7) is 0.157. The topological polar surface area (TPSA) is 46.1 Å². The van der Waals surface area contributed by atoms with Crippen molar-refractivity contribution in [2.24, 2.45) is 0 Å². The molecule has 2 aromatic carbocycles. The second-order valence-electron chi connectivity index (χ2n) is 5.92.